The average molecular weight is 500 g/mol. The van der Waals surface area contributed by atoms with E-state index in [1.165, 1.54) is 19.2 Å². The number of hydrazone groups is 1. The van der Waals surface area contributed by atoms with Crippen LogP contribution in [-0.4, -0.2) is 40.3 Å². The van der Waals surface area contributed by atoms with Crippen molar-refractivity contribution in [3.63, 3.8) is 0 Å². The van der Waals surface area contributed by atoms with Gasteiger partial charge in [0.1, 0.15) is 5.75 Å². The van der Waals surface area contributed by atoms with E-state index in [-0.39, 0.29) is 4.90 Å². The van der Waals surface area contributed by atoms with Gasteiger partial charge < -0.3 is 4.74 Å². The third-order valence-corrected chi connectivity index (χ3v) is 7.74. The molecule has 0 unspecified atom stereocenters. The maximum atomic E-state index is 13.6. The fourth-order valence-electron chi connectivity index (χ4n) is 3.75. The SMILES string of the molecule is COc1ccc(S(=O)(=O)N2N=C(c3cccc(NS(C)(=O)=O)c3)C[C@@H]2c2ccc(C)cc2)cc1. The molecule has 1 aliphatic rings. The van der Waals surface area contributed by atoms with Crippen molar-refractivity contribution < 1.29 is 21.6 Å². The minimum atomic E-state index is -3.97. The van der Waals surface area contributed by atoms with Gasteiger partial charge in [-0.1, -0.05) is 42.0 Å². The van der Waals surface area contributed by atoms with Crippen molar-refractivity contribution in [1.82, 2.24) is 4.41 Å². The number of nitrogens with one attached hydrogen (secondary N) is 1. The first-order valence-electron chi connectivity index (χ1n) is 10.5. The number of aryl methyl sites for hydroxylation is 1. The fraction of sp³-hybridized carbons (Fsp3) is 0.208. The standard InChI is InChI=1S/C24H25N3O5S2/c1-17-7-9-18(10-8-17)24-16-23(19-5-4-6-20(15-19)26-33(3,28)29)25-27(24)34(30,31)22-13-11-21(32-2)12-14-22/h4-15,24,26H,16H2,1-3H3/t24-/m1/s1. The lowest BCUT2D eigenvalue weighted by Gasteiger charge is -2.23. The molecule has 1 aliphatic heterocycles. The summed E-state index contributed by atoms with van der Waals surface area (Å²) in [5.74, 6) is 0.551. The molecular formula is C24H25N3O5S2. The molecule has 34 heavy (non-hydrogen) atoms. The maximum absolute atomic E-state index is 13.6. The zero-order valence-electron chi connectivity index (χ0n) is 19.0. The number of hydrogen-bond donors (Lipinski definition) is 1. The number of benzene rings is 3. The van der Waals surface area contributed by atoms with Crippen molar-refractivity contribution >= 4 is 31.4 Å². The summed E-state index contributed by atoms with van der Waals surface area (Å²) in [6.07, 6.45) is 1.41. The molecule has 10 heteroatoms. The van der Waals surface area contributed by atoms with Crippen LogP contribution in [-0.2, 0) is 20.0 Å². The van der Waals surface area contributed by atoms with Gasteiger partial charge in [-0.05, 0) is 54.4 Å². The van der Waals surface area contributed by atoms with E-state index < -0.39 is 26.1 Å². The Balaban J connectivity index is 1.77. The Morgan fingerprint density at radius 1 is 0.971 bits per heavy atom. The molecule has 1 N–H and O–H groups in total. The van der Waals surface area contributed by atoms with Gasteiger partial charge in [-0.2, -0.15) is 17.9 Å². The van der Waals surface area contributed by atoms with Gasteiger partial charge in [-0.3, -0.25) is 4.72 Å². The Morgan fingerprint density at radius 3 is 2.26 bits per heavy atom. The van der Waals surface area contributed by atoms with E-state index in [9.17, 15) is 16.8 Å². The van der Waals surface area contributed by atoms with E-state index >= 15 is 0 Å². The quantitative estimate of drug-likeness (QED) is 0.531. The molecule has 0 spiro atoms. The molecule has 0 radical (unpaired) electrons. The highest BCUT2D eigenvalue weighted by atomic mass is 32.2. The van der Waals surface area contributed by atoms with E-state index in [0.29, 0.717) is 29.1 Å². The summed E-state index contributed by atoms with van der Waals surface area (Å²) in [4.78, 5) is 0.0999. The molecule has 1 heterocycles. The predicted octanol–water partition coefficient (Wildman–Crippen LogP) is 3.92. The van der Waals surface area contributed by atoms with Crippen molar-refractivity contribution in [3.05, 3.63) is 89.5 Å². The molecule has 0 fully saturated rings. The second-order valence-corrected chi connectivity index (χ2v) is 11.6. The van der Waals surface area contributed by atoms with Crippen LogP contribution in [0.1, 0.15) is 29.2 Å². The van der Waals surface area contributed by atoms with Crippen LogP contribution in [0.2, 0.25) is 0 Å². The molecule has 0 aliphatic carbocycles. The number of sulfonamides is 2. The van der Waals surface area contributed by atoms with Crippen LogP contribution in [0.15, 0.2) is 82.8 Å². The monoisotopic (exact) mass is 499 g/mol. The summed E-state index contributed by atoms with van der Waals surface area (Å²) < 4.78 is 59.2. The first-order chi connectivity index (χ1) is 16.1. The van der Waals surface area contributed by atoms with Gasteiger partial charge in [0, 0.05) is 12.1 Å². The number of ether oxygens (including phenoxy) is 1. The van der Waals surface area contributed by atoms with Gasteiger partial charge >= 0.3 is 0 Å². The number of nitrogens with zero attached hydrogens (tertiary/aromatic N) is 2. The van der Waals surface area contributed by atoms with Crippen LogP contribution < -0.4 is 9.46 Å². The van der Waals surface area contributed by atoms with Crippen molar-refractivity contribution in [2.75, 3.05) is 18.1 Å². The second kappa shape index (κ2) is 9.11. The topological polar surface area (TPSA) is 105 Å². The maximum Gasteiger partial charge on any atom is 0.279 e. The Morgan fingerprint density at radius 2 is 1.65 bits per heavy atom. The van der Waals surface area contributed by atoms with Crippen molar-refractivity contribution in [2.45, 2.75) is 24.3 Å². The zero-order valence-corrected chi connectivity index (χ0v) is 20.6. The van der Waals surface area contributed by atoms with Gasteiger partial charge in [0.15, 0.2) is 0 Å². The molecule has 3 aromatic carbocycles. The molecular weight excluding hydrogens is 474 g/mol. The van der Waals surface area contributed by atoms with Crippen LogP contribution >= 0.6 is 0 Å². The summed E-state index contributed by atoms with van der Waals surface area (Å²) >= 11 is 0. The third kappa shape index (κ3) is 5.07. The summed E-state index contributed by atoms with van der Waals surface area (Å²) in [5, 5.41) is 4.52. The molecule has 0 bridgehead atoms. The average Bonchev–Trinajstić information content (AvgIpc) is 3.25. The second-order valence-electron chi connectivity index (χ2n) is 8.09. The lowest BCUT2D eigenvalue weighted by molar-refractivity contribution is 0.371. The summed E-state index contributed by atoms with van der Waals surface area (Å²) in [7, 11) is -5.92. The predicted molar refractivity (Wildman–Crippen MR) is 132 cm³/mol. The number of methoxy groups -OCH3 is 1. The van der Waals surface area contributed by atoms with Crippen LogP contribution in [0.5, 0.6) is 5.75 Å². The van der Waals surface area contributed by atoms with Crippen molar-refractivity contribution in [2.24, 2.45) is 5.10 Å². The molecule has 0 saturated carbocycles. The fourth-order valence-corrected chi connectivity index (χ4v) is 5.74. The highest BCUT2D eigenvalue weighted by Crippen LogP contribution is 2.37. The van der Waals surface area contributed by atoms with Gasteiger partial charge in [0.05, 0.1) is 30.0 Å². The minimum absolute atomic E-state index is 0.0999. The van der Waals surface area contributed by atoms with Crippen molar-refractivity contribution in [3.8, 4) is 5.75 Å². The number of anilines is 1. The lowest BCUT2D eigenvalue weighted by Crippen LogP contribution is -2.27. The molecule has 1 atom stereocenters. The molecule has 0 saturated heterocycles. The summed E-state index contributed by atoms with van der Waals surface area (Å²) in [6.45, 7) is 1.96. The van der Waals surface area contributed by atoms with Crippen LogP contribution in [0.3, 0.4) is 0 Å². The largest absolute Gasteiger partial charge is 0.497 e. The Hall–Kier alpha value is -3.37. The Bertz CT molecular complexity index is 1430. The first kappa shape index (κ1) is 23.8. The zero-order chi connectivity index (χ0) is 24.5. The Kier molecular flexibility index (Phi) is 6.37. The molecule has 0 aromatic heterocycles. The van der Waals surface area contributed by atoms with E-state index in [0.717, 1.165) is 21.8 Å². The molecule has 8 nitrogen and oxygen atoms in total. The summed E-state index contributed by atoms with van der Waals surface area (Å²) in [6, 6.07) is 20.0. The van der Waals surface area contributed by atoms with Crippen LogP contribution in [0.4, 0.5) is 5.69 Å². The smallest absolute Gasteiger partial charge is 0.279 e. The highest BCUT2D eigenvalue weighted by Gasteiger charge is 2.37. The molecule has 0 amide bonds. The lowest BCUT2D eigenvalue weighted by atomic mass is 9.98. The van der Waals surface area contributed by atoms with Crippen LogP contribution in [0, 0.1) is 6.92 Å². The van der Waals surface area contributed by atoms with Gasteiger partial charge in [0.2, 0.25) is 10.0 Å². The van der Waals surface area contributed by atoms with Crippen molar-refractivity contribution in [1.29, 1.82) is 0 Å². The normalized spacial score (nSPS) is 16.3. The Labute approximate surface area is 200 Å². The van der Waals surface area contributed by atoms with E-state index in [1.54, 1.807) is 36.4 Å². The minimum Gasteiger partial charge on any atom is -0.497 e. The van der Waals surface area contributed by atoms with E-state index in [2.05, 4.69) is 9.82 Å². The molecule has 3 aromatic rings. The van der Waals surface area contributed by atoms with E-state index in [4.69, 9.17) is 4.74 Å². The molecule has 178 valence electrons. The summed E-state index contributed by atoms with van der Waals surface area (Å²) in [5.41, 5.74) is 3.43. The van der Waals surface area contributed by atoms with Gasteiger partial charge in [0.25, 0.3) is 10.0 Å². The number of rotatable bonds is 7. The van der Waals surface area contributed by atoms with Crippen LogP contribution in [0.25, 0.3) is 0 Å². The van der Waals surface area contributed by atoms with Gasteiger partial charge in [-0.15, -0.1) is 0 Å². The van der Waals surface area contributed by atoms with E-state index in [1.807, 2.05) is 31.2 Å². The van der Waals surface area contributed by atoms with Gasteiger partial charge in [-0.25, -0.2) is 8.42 Å². The number of hydrogen-bond acceptors (Lipinski definition) is 6. The first-order valence-corrected chi connectivity index (χ1v) is 13.8. The molecule has 4 rings (SSSR count). The third-order valence-electron chi connectivity index (χ3n) is 5.44. The highest BCUT2D eigenvalue weighted by molar-refractivity contribution is 7.92.